The topological polar surface area (TPSA) is 78.3 Å². The number of carbonyl (C=O) groups is 1. The van der Waals surface area contributed by atoms with Crippen molar-refractivity contribution in [3.8, 4) is 0 Å². The zero-order chi connectivity index (χ0) is 21.6. The van der Waals surface area contributed by atoms with E-state index in [9.17, 15) is 26.7 Å². The summed E-state index contributed by atoms with van der Waals surface area (Å²) in [6.45, 7) is -0.601. The van der Waals surface area contributed by atoms with Crippen molar-refractivity contribution in [1.29, 1.82) is 0 Å². The number of benzene rings is 2. The molecule has 2 rings (SSSR count). The number of rotatable bonds is 7. The van der Waals surface area contributed by atoms with Crippen molar-refractivity contribution in [2.45, 2.75) is 12.6 Å². The van der Waals surface area contributed by atoms with E-state index in [0.29, 0.717) is 17.7 Å². The second-order valence-corrected chi connectivity index (χ2v) is 5.99. The number of hydrogen-bond donors (Lipinski definition) is 2. The molecule has 2 aromatic carbocycles. The molecule has 2 aromatic rings. The molecule has 0 aromatic heterocycles. The lowest BCUT2D eigenvalue weighted by Crippen LogP contribution is -2.21. The number of Topliss-reactive ketones (excluding diaryl/α,β-unsaturated/α-hetero) is 1. The smallest absolute Gasteiger partial charge is 0.430 e. The highest BCUT2D eigenvalue weighted by molar-refractivity contribution is 5.82. The van der Waals surface area contributed by atoms with E-state index >= 15 is 0 Å². The third kappa shape index (κ3) is 6.34. The zero-order valence-electron chi connectivity index (χ0n) is 15.0. The number of ether oxygens (including phenoxy) is 1. The number of carbonyl (C=O) groups excluding carboxylic acids is 1. The van der Waals surface area contributed by atoms with Gasteiger partial charge >= 0.3 is 6.18 Å². The molecular weight excluding hydrogens is 395 g/mol. The molecule has 0 atom stereocenters. The molecular formula is C20H17F5N2O2. The molecule has 4 N–H and O–H groups in total. The van der Waals surface area contributed by atoms with Crippen LogP contribution in [0.4, 0.5) is 22.0 Å². The highest BCUT2D eigenvalue weighted by Gasteiger charge is 2.32. The maximum absolute atomic E-state index is 13.4. The Hall–Kier alpha value is -3.36. The van der Waals surface area contributed by atoms with Crippen molar-refractivity contribution in [3.63, 3.8) is 0 Å². The van der Waals surface area contributed by atoms with E-state index in [1.807, 2.05) is 0 Å². The maximum atomic E-state index is 13.4. The number of ketones is 1. The van der Waals surface area contributed by atoms with E-state index in [2.05, 4.69) is 0 Å². The lowest BCUT2D eigenvalue weighted by molar-refractivity contribution is -0.121. The van der Waals surface area contributed by atoms with Crippen molar-refractivity contribution >= 4 is 11.5 Å². The number of nitrogens with two attached hydrogens (primary N) is 2. The van der Waals surface area contributed by atoms with Crippen LogP contribution < -0.4 is 11.5 Å². The fourth-order valence-corrected chi connectivity index (χ4v) is 2.26. The van der Waals surface area contributed by atoms with Crippen LogP contribution in [0.1, 0.15) is 11.1 Å². The van der Waals surface area contributed by atoms with E-state index in [1.54, 1.807) is 30.3 Å². The number of halogens is 5. The summed E-state index contributed by atoms with van der Waals surface area (Å²) in [4.78, 5) is 12.1. The van der Waals surface area contributed by atoms with Crippen LogP contribution in [0, 0.1) is 11.6 Å². The van der Waals surface area contributed by atoms with Crippen LogP contribution in [0.3, 0.4) is 0 Å². The second-order valence-electron chi connectivity index (χ2n) is 5.99. The largest absolute Gasteiger partial charge is 0.484 e. The van der Waals surface area contributed by atoms with Gasteiger partial charge in [0.15, 0.2) is 17.4 Å². The van der Waals surface area contributed by atoms with Crippen molar-refractivity contribution in [2.75, 3.05) is 6.61 Å². The fraction of sp³-hybridized carbons (Fsp3) is 0.150. The first-order valence-electron chi connectivity index (χ1n) is 8.26. The number of alkyl halides is 3. The molecule has 0 spiro atoms. The average molecular weight is 412 g/mol. The molecule has 0 aliphatic rings. The lowest BCUT2D eigenvalue weighted by Gasteiger charge is -2.13. The van der Waals surface area contributed by atoms with Gasteiger partial charge < -0.3 is 16.2 Å². The molecule has 0 unspecified atom stereocenters. The lowest BCUT2D eigenvalue weighted by atomic mass is 10.1. The molecule has 154 valence electrons. The molecule has 0 radical (unpaired) electrons. The van der Waals surface area contributed by atoms with E-state index in [-0.39, 0.29) is 12.0 Å². The van der Waals surface area contributed by atoms with Crippen LogP contribution in [0.15, 0.2) is 66.1 Å². The van der Waals surface area contributed by atoms with Crippen LogP contribution in [0.2, 0.25) is 0 Å². The summed E-state index contributed by atoms with van der Waals surface area (Å²) in [6, 6.07) is 11.1. The SMILES string of the molecule is N/C(=C\C(OCC(=O)Cc1ccccc1)=C(/N)c1ccc(F)c(F)c1)C(F)(F)F. The molecule has 0 saturated carbocycles. The standard InChI is InChI=1S/C20H17F5N2O2/c21-15-7-6-13(9-16(15)22)19(27)17(10-18(26)20(23,24)25)29-11-14(28)8-12-4-2-1-3-5-12/h1-7,9-10H,8,11,26-27H2/b18-10-,19-17+. The molecule has 0 aliphatic heterocycles. The molecule has 0 fully saturated rings. The fourth-order valence-electron chi connectivity index (χ4n) is 2.26. The van der Waals surface area contributed by atoms with Crippen LogP contribution in [-0.2, 0) is 16.0 Å². The van der Waals surface area contributed by atoms with Gasteiger partial charge in [-0.1, -0.05) is 30.3 Å². The summed E-state index contributed by atoms with van der Waals surface area (Å²) in [7, 11) is 0. The average Bonchev–Trinajstić information content (AvgIpc) is 2.66. The summed E-state index contributed by atoms with van der Waals surface area (Å²) in [5, 5.41) is 0. The quantitative estimate of drug-likeness (QED) is 0.412. The summed E-state index contributed by atoms with van der Waals surface area (Å²) < 4.78 is 70.1. The molecule has 29 heavy (non-hydrogen) atoms. The third-order valence-electron chi connectivity index (χ3n) is 3.74. The van der Waals surface area contributed by atoms with E-state index in [0.717, 1.165) is 12.1 Å². The highest BCUT2D eigenvalue weighted by Crippen LogP contribution is 2.25. The van der Waals surface area contributed by atoms with Gasteiger partial charge in [0.1, 0.15) is 18.1 Å². The minimum absolute atomic E-state index is 0.0162. The molecule has 4 nitrogen and oxygen atoms in total. The van der Waals surface area contributed by atoms with Crippen molar-refractivity contribution in [2.24, 2.45) is 11.5 Å². The van der Waals surface area contributed by atoms with E-state index < -0.39 is 47.4 Å². The van der Waals surface area contributed by atoms with Crippen molar-refractivity contribution < 1.29 is 31.5 Å². The van der Waals surface area contributed by atoms with Crippen LogP contribution >= 0.6 is 0 Å². The van der Waals surface area contributed by atoms with Crippen molar-refractivity contribution in [1.82, 2.24) is 0 Å². The second kappa shape index (κ2) is 9.22. The van der Waals surface area contributed by atoms with Crippen LogP contribution in [0.25, 0.3) is 5.70 Å². The zero-order valence-corrected chi connectivity index (χ0v) is 15.0. The highest BCUT2D eigenvalue weighted by atomic mass is 19.4. The Morgan fingerprint density at radius 2 is 1.66 bits per heavy atom. The van der Waals surface area contributed by atoms with Crippen LogP contribution in [-0.4, -0.2) is 18.6 Å². The molecule has 0 saturated heterocycles. The maximum Gasteiger partial charge on any atom is 0.430 e. The Labute approximate surface area is 163 Å². The molecule has 0 aliphatic carbocycles. The van der Waals surface area contributed by atoms with Crippen molar-refractivity contribution in [3.05, 3.63) is 88.8 Å². The summed E-state index contributed by atoms with van der Waals surface area (Å²) in [5.74, 6) is -3.44. The van der Waals surface area contributed by atoms with Gasteiger partial charge in [0.2, 0.25) is 0 Å². The minimum Gasteiger partial charge on any atom is -0.484 e. The van der Waals surface area contributed by atoms with Gasteiger partial charge in [0, 0.05) is 18.1 Å². The van der Waals surface area contributed by atoms with Gasteiger partial charge in [-0.3, -0.25) is 4.79 Å². The normalized spacial score (nSPS) is 13.1. The Morgan fingerprint density at radius 3 is 2.24 bits per heavy atom. The first kappa shape index (κ1) is 21.9. The predicted molar refractivity (Wildman–Crippen MR) is 96.9 cm³/mol. The predicted octanol–water partition coefficient (Wildman–Crippen LogP) is 3.83. The monoisotopic (exact) mass is 412 g/mol. The Kier molecular flexibility index (Phi) is 6.98. The molecule has 0 bridgehead atoms. The minimum atomic E-state index is -4.88. The van der Waals surface area contributed by atoms with Gasteiger partial charge in [-0.05, 0) is 23.8 Å². The first-order valence-corrected chi connectivity index (χ1v) is 8.26. The van der Waals surface area contributed by atoms with E-state index in [1.165, 1.54) is 0 Å². The number of allylic oxidation sites excluding steroid dienone is 2. The molecule has 9 heteroatoms. The Bertz CT molecular complexity index is 938. The Morgan fingerprint density at radius 1 is 1.00 bits per heavy atom. The molecule has 0 amide bonds. The third-order valence-corrected chi connectivity index (χ3v) is 3.74. The van der Waals surface area contributed by atoms with Gasteiger partial charge in [-0.2, -0.15) is 13.2 Å². The summed E-state index contributed by atoms with van der Waals surface area (Å²) >= 11 is 0. The van der Waals surface area contributed by atoms with Crippen LogP contribution in [0.5, 0.6) is 0 Å². The van der Waals surface area contributed by atoms with Gasteiger partial charge in [0.05, 0.1) is 5.70 Å². The first-order chi connectivity index (χ1) is 13.6. The Balaban J connectivity index is 2.29. The van der Waals surface area contributed by atoms with Gasteiger partial charge in [-0.15, -0.1) is 0 Å². The van der Waals surface area contributed by atoms with E-state index in [4.69, 9.17) is 16.2 Å². The summed E-state index contributed by atoms with van der Waals surface area (Å²) in [5.41, 5.74) is 9.35. The number of hydrogen-bond acceptors (Lipinski definition) is 4. The van der Waals surface area contributed by atoms with Gasteiger partial charge in [0.25, 0.3) is 0 Å². The summed E-state index contributed by atoms with van der Waals surface area (Å²) in [6.07, 6.45) is -4.50. The molecule has 0 heterocycles. The van der Waals surface area contributed by atoms with Gasteiger partial charge in [-0.25, -0.2) is 8.78 Å².